The summed E-state index contributed by atoms with van der Waals surface area (Å²) in [5.41, 5.74) is 1.26. The van der Waals surface area contributed by atoms with Gasteiger partial charge in [-0.2, -0.15) is 0 Å². The van der Waals surface area contributed by atoms with Crippen molar-refractivity contribution in [3.8, 4) is 0 Å². The standard InChI is InChI=1S/C18H22N4O2.C10H18O4/c23-17(15-5-11-19-12-6-15)21-9-3-1-2-4-10-22-18(24)16-7-13-20-14-8-16;11-9(12)7-5-3-1-2-4-6-8-10(13)14/h5-8,11-14H,1-4,9-10H2,(H,21,23)(H,22,24);1-8H2,(H,11,12)(H,13,14). The molecule has 2 aromatic heterocycles. The molecule has 0 saturated carbocycles. The summed E-state index contributed by atoms with van der Waals surface area (Å²) in [5, 5.41) is 22.5. The minimum absolute atomic E-state index is 0.0676. The van der Waals surface area contributed by atoms with Crippen molar-refractivity contribution in [1.82, 2.24) is 20.6 Å². The second-order valence-electron chi connectivity index (χ2n) is 8.81. The molecule has 0 bridgehead atoms. The molecule has 0 atom stereocenters. The topological polar surface area (TPSA) is 159 Å². The van der Waals surface area contributed by atoms with Crippen molar-refractivity contribution in [3.63, 3.8) is 0 Å². The summed E-state index contributed by atoms with van der Waals surface area (Å²) >= 11 is 0. The van der Waals surface area contributed by atoms with E-state index in [1.807, 2.05) is 0 Å². The van der Waals surface area contributed by atoms with Crippen molar-refractivity contribution < 1.29 is 29.4 Å². The second-order valence-corrected chi connectivity index (χ2v) is 8.81. The van der Waals surface area contributed by atoms with E-state index in [-0.39, 0.29) is 24.7 Å². The maximum absolute atomic E-state index is 11.8. The highest BCUT2D eigenvalue weighted by Crippen LogP contribution is 2.08. The maximum Gasteiger partial charge on any atom is 0.303 e. The molecule has 4 N–H and O–H groups in total. The van der Waals surface area contributed by atoms with Crippen LogP contribution in [0, 0.1) is 0 Å². The zero-order chi connectivity index (χ0) is 27.8. The van der Waals surface area contributed by atoms with E-state index in [9.17, 15) is 19.2 Å². The van der Waals surface area contributed by atoms with Crippen LogP contribution < -0.4 is 10.6 Å². The van der Waals surface area contributed by atoms with Crippen LogP contribution in [0.25, 0.3) is 0 Å². The minimum Gasteiger partial charge on any atom is -0.481 e. The molecular formula is C28H40N4O6. The summed E-state index contributed by atoms with van der Waals surface area (Å²) in [6.07, 6.45) is 16.1. The molecule has 0 aliphatic heterocycles. The number of amides is 2. The van der Waals surface area contributed by atoms with Crippen LogP contribution in [-0.4, -0.2) is 57.0 Å². The minimum atomic E-state index is -0.740. The van der Waals surface area contributed by atoms with E-state index in [0.29, 0.717) is 24.2 Å². The molecule has 2 amide bonds. The van der Waals surface area contributed by atoms with Gasteiger partial charge in [0.25, 0.3) is 11.8 Å². The molecule has 0 radical (unpaired) electrons. The highest BCUT2D eigenvalue weighted by atomic mass is 16.4. The molecule has 0 aliphatic rings. The van der Waals surface area contributed by atoms with Crippen molar-refractivity contribution in [3.05, 3.63) is 60.2 Å². The van der Waals surface area contributed by atoms with Crippen LogP contribution >= 0.6 is 0 Å². The highest BCUT2D eigenvalue weighted by Gasteiger charge is 2.04. The van der Waals surface area contributed by atoms with Crippen molar-refractivity contribution >= 4 is 23.8 Å². The maximum atomic E-state index is 11.8. The Balaban J connectivity index is 0.000000442. The van der Waals surface area contributed by atoms with Gasteiger partial charge in [-0.25, -0.2) is 0 Å². The summed E-state index contributed by atoms with van der Waals surface area (Å²) in [6.45, 7) is 1.31. The fraction of sp³-hybridized carbons (Fsp3) is 0.500. The first kappa shape index (κ1) is 32.2. The zero-order valence-corrected chi connectivity index (χ0v) is 21.9. The predicted molar refractivity (Wildman–Crippen MR) is 144 cm³/mol. The fourth-order valence-corrected chi connectivity index (χ4v) is 3.48. The molecule has 0 aliphatic carbocycles. The lowest BCUT2D eigenvalue weighted by Crippen LogP contribution is -2.25. The van der Waals surface area contributed by atoms with E-state index < -0.39 is 11.9 Å². The van der Waals surface area contributed by atoms with Crippen molar-refractivity contribution in [1.29, 1.82) is 0 Å². The Morgan fingerprint density at radius 1 is 0.526 bits per heavy atom. The number of unbranched alkanes of at least 4 members (excludes halogenated alkanes) is 8. The Labute approximate surface area is 224 Å². The van der Waals surface area contributed by atoms with E-state index in [4.69, 9.17) is 10.2 Å². The van der Waals surface area contributed by atoms with Gasteiger partial charge in [-0.05, 0) is 49.9 Å². The van der Waals surface area contributed by atoms with Crippen molar-refractivity contribution in [2.75, 3.05) is 13.1 Å². The fourth-order valence-electron chi connectivity index (χ4n) is 3.48. The van der Waals surface area contributed by atoms with Gasteiger partial charge in [0.15, 0.2) is 0 Å². The predicted octanol–water partition coefficient (Wildman–Crippen LogP) is 4.47. The molecule has 0 unspecified atom stereocenters. The van der Waals surface area contributed by atoms with Gasteiger partial charge in [0.1, 0.15) is 0 Å². The third-order valence-electron chi connectivity index (χ3n) is 5.59. The quantitative estimate of drug-likeness (QED) is 0.206. The van der Waals surface area contributed by atoms with Crippen LogP contribution in [0.5, 0.6) is 0 Å². The smallest absolute Gasteiger partial charge is 0.303 e. The van der Waals surface area contributed by atoms with E-state index >= 15 is 0 Å². The molecule has 2 heterocycles. The Morgan fingerprint density at radius 3 is 1.18 bits per heavy atom. The largest absolute Gasteiger partial charge is 0.481 e. The molecule has 10 nitrogen and oxygen atoms in total. The number of aliphatic carboxylic acids is 2. The number of nitrogens with one attached hydrogen (secondary N) is 2. The number of nitrogens with zero attached hydrogens (tertiary/aromatic N) is 2. The molecule has 0 spiro atoms. The molecule has 0 aromatic carbocycles. The molecular weight excluding hydrogens is 488 g/mol. The van der Waals surface area contributed by atoms with Crippen LogP contribution in [0.1, 0.15) is 97.8 Å². The highest BCUT2D eigenvalue weighted by molar-refractivity contribution is 5.94. The van der Waals surface area contributed by atoms with Gasteiger partial charge >= 0.3 is 11.9 Å². The van der Waals surface area contributed by atoms with Crippen molar-refractivity contribution in [2.24, 2.45) is 0 Å². The van der Waals surface area contributed by atoms with Crippen LogP contribution in [0.4, 0.5) is 0 Å². The van der Waals surface area contributed by atoms with Crippen LogP contribution in [0.2, 0.25) is 0 Å². The summed E-state index contributed by atoms with van der Waals surface area (Å²) in [6, 6.07) is 6.78. The third-order valence-corrected chi connectivity index (χ3v) is 5.59. The lowest BCUT2D eigenvalue weighted by molar-refractivity contribution is -0.138. The first-order chi connectivity index (χ1) is 18.4. The second kappa shape index (κ2) is 21.3. The van der Waals surface area contributed by atoms with Crippen LogP contribution in [0.15, 0.2) is 49.1 Å². The van der Waals surface area contributed by atoms with Gasteiger partial charge in [-0.1, -0.05) is 38.5 Å². The van der Waals surface area contributed by atoms with E-state index in [0.717, 1.165) is 64.2 Å². The monoisotopic (exact) mass is 528 g/mol. The number of carbonyl (C=O) groups excluding carboxylic acids is 2. The summed E-state index contributed by atoms with van der Waals surface area (Å²) in [7, 11) is 0. The number of carboxylic acid groups (broad SMARTS) is 2. The normalized spacial score (nSPS) is 10.1. The number of carboxylic acids is 2. The lowest BCUT2D eigenvalue weighted by Gasteiger charge is -2.06. The molecule has 38 heavy (non-hydrogen) atoms. The SMILES string of the molecule is O=C(NCCCCCCNC(=O)c1ccncc1)c1ccncc1.O=C(O)CCCCCCCCC(=O)O. The average molecular weight is 529 g/mol. The van der Waals surface area contributed by atoms with Gasteiger partial charge in [0.2, 0.25) is 0 Å². The van der Waals surface area contributed by atoms with E-state index in [2.05, 4.69) is 20.6 Å². The summed E-state index contributed by atoms with van der Waals surface area (Å²) < 4.78 is 0. The molecule has 2 rings (SSSR count). The van der Waals surface area contributed by atoms with Crippen LogP contribution in [0.3, 0.4) is 0 Å². The number of aromatic nitrogens is 2. The van der Waals surface area contributed by atoms with Gasteiger partial charge in [0.05, 0.1) is 0 Å². The molecule has 0 fully saturated rings. The van der Waals surface area contributed by atoms with Gasteiger partial charge < -0.3 is 20.8 Å². The van der Waals surface area contributed by atoms with Gasteiger partial charge in [-0.15, -0.1) is 0 Å². The average Bonchev–Trinajstić information content (AvgIpc) is 2.92. The Kier molecular flexibility index (Phi) is 18.0. The Morgan fingerprint density at radius 2 is 0.842 bits per heavy atom. The number of rotatable bonds is 18. The zero-order valence-electron chi connectivity index (χ0n) is 21.9. The van der Waals surface area contributed by atoms with Crippen LogP contribution in [-0.2, 0) is 9.59 Å². The van der Waals surface area contributed by atoms with Crippen molar-refractivity contribution in [2.45, 2.75) is 77.0 Å². The number of pyridine rings is 2. The molecule has 208 valence electrons. The Hall–Kier alpha value is -3.82. The number of hydrogen-bond donors (Lipinski definition) is 4. The van der Waals surface area contributed by atoms with Gasteiger partial charge in [0, 0.05) is 61.8 Å². The third kappa shape index (κ3) is 17.6. The number of hydrogen-bond acceptors (Lipinski definition) is 6. The van der Waals surface area contributed by atoms with E-state index in [1.165, 1.54) is 0 Å². The van der Waals surface area contributed by atoms with Gasteiger partial charge in [-0.3, -0.25) is 29.1 Å². The lowest BCUT2D eigenvalue weighted by atomic mass is 10.1. The number of carbonyl (C=O) groups is 4. The molecule has 2 aromatic rings. The Bertz CT molecular complexity index is 863. The first-order valence-electron chi connectivity index (χ1n) is 13.2. The first-order valence-corrected chi connectivity index (χ1v) is 13.2. The molecule has 0 saturated heterocycles. The molecule has 10 heteroatoms. The van der Waals surface area contributed by atoms with E-state index in [1.54, 1.807) is 49.1 Å². The summed E-state index contributed by atoms with van der Waals surface area (Å²) in [5.74, 6) is -1.62. The summed E-state index contributed by atoms with van der Waals surface area (Å²) in [4.78, 5) is 51.7.